The van der Waals surface area contributed by atoms with Crippen LogP contribution in [0.2, 0.25) is 19.6 Å². The minimum absolute atomic E-state index is 0.259. The van der Waals surface area contributed by atoms with Crippen molar-refractivity contribution in [1.29, 1.82) is 0 Å². The zero-order valence-corrected chi connectivity index (χ0v) is 11.0. The van der Waals surface area contributed by atoms with E-state index >= 15 is 0 Å². The molecule has 0 radical (unpaired) electrons. The maximum atomic E-state index is 5.49. The largest absolute Gasteiger partial charge is 0.447 e. The van der Waals surface area contributed by atoms with Gasteiger partial charge in [-0.1, -0.05) is 6.55 Å². The van der Waals surface area contributed by atoms with E-state index in [0.717, 1.165) is 0 Å². The Morgan fingerprint density at radius 1 is 1.30 bits per heavy atom. The summed E-state index contributed by atoms with van der Waals surface area (Å²) in [6, 6.07) is 0. The average Bonchev–Trinajstić information content (AvgIpc) is 1.89. The molecule has 0 aliphatic carbocycles. The molecule has 62 valence electrons. The maximum Gasteiger partial charge on any atom is 0.322 e. The number of rotatable bonds is 5. The van der Waals surface area contributed by atoms with Crippen LogP contribution in [-0.2, 0) is 12.7 Å². The first-order valence-electron chi connectivity index (χ1n) is 3.39. The highest BCUT2D eigenvalue weighted by atomic mass is 28.4. The Balaban J connectivity index is 3.28. The lowest BCUT2D eigenvalue weighted by Crippen LogP contribution is -2.35. The van der Waals surface area contributed by atoms with E-state index in [0.29, 0.717) is 0 Å². The normalized spacial score (nSPS) is 14.4. The van der Waals surface area contributed by atoms with E-state index in [4.69, 9.17) is 12.7 Å². The highest BCUT2D eigenvalue weighted by Crippen LogP contribution is 2.02. The summed E-state index contributed by atoms with van der Waals surface area (Å²) in [5.74, 6) is 0. The lowest BCUT2D eigenvalue weighted by Gasteiger charge is -2.19. The first kappa shape index (κ1) is 10.5. The second kappa shape index (κ2) is 5.22. The highest BCUT2D eigenvalue weighted by Gasteiger charge is 2.21. The van der Waals surface area contributed by atoms with Crippen molar-refractivity contribution in [2.75, 3.05) is 7.11 Å². The van der Waals surface area contributed by atoms with E-state index in [9.17, 15) is 0 Å². The standard InChI is InChI=1S/C4H16O3Si3/c1-5-10(3,4)7-9-6-8-2/h8-9H2,1-4H3. The Labute approximate surface area is 68.3 Å². The molecule has 0 spiro atoms. The van der Waals surface area contributed by atoms with Crippen LogP contribution in [0, 0.1) is 0 Å². The third-order valence-electron chi connectivity index (χ3n) is 1.19. The molecule has 0 aliphatic rings. The quantitative estimate of drug-likeness (QED) is 0.438. The van der Waals surface area contributed by atoms with Crippen LogP contribution in [0.5, 0.6) is 0 Å². The molecule has 0 saturated heterocycles. The third-order valence-corrected chi connectivity index (χ3v) is 7.72. The van der Waals surface area contributed by atoms with Gasteiger partial charge in [-0.25, -0.2) is 0 Å². The van der Waals surface area contributed by atoms with Gasteiger partial charge in [0.25, 0.3) is 10.0 Å². The summed E-state index contributed by atoms with van der Waals surface area (Å²) in [5.41, 5.74) is 0. The second-order valence-corrected chi connectivity index (χ2v) is 9.17. The van der Waals surface area contributed by atoms with Crippen molar-refractivity contribution in [3.63, 3.8) is 0 Å². The zero-order valence-electron chi connectivity index (χ0n) is 7.14. The van der Waals surface area contributed by atoms with Crippen LogP contribution in [0.4, 0.5) is 0 Å². The van der Waals surface area contributed by atoms with Crippen molar-refractivity contribution >= 4 is 28.3 Å². The predicted octanol–water partition coefficient (Wildman–Crippen LogP) is -0.502. The van der Waals surface area contributed by atoms with Gasteiger partial charge in [0.2, 0.25) is 0 Å². The van der Waals surface area contributed by atoms with E-state index in [1.54, 1.807) is 7.11 Å². The molecule has 6 heteroatoms. The Hall–Kier alpha value is 0.531. The zero-order chi connectivity index (χ0) is 8.04. The first-order valence-corrected chi connectivity index (χ1v) is 9.35. The summed E-state index contributed by atoms with van der Waals surface area (Å²) in [7, 11) is -1.02. The molecule has 0 aliphatic heterocycles. The summed E-state index contributed by atoms with van der Waals surface area (Å²) >= 11 is 0. The molecule has 3 nitrogen and oxygen atoms in total. The molecule has 0 fully saturated rings. The summed E-state index contributed by atoms with van der Waals surface area (Å²) in [4.78, 5) is 0. The van der Waals surface area contributed by atoms with Gasteiger partial charge in [0.1, 0.15) is 9.76 Å². The van der Waals surface area contributed by atoms with Crippen LogP contribution < -0.4 is 0 Å². The van der Waals surface area contributed by atoms with Crippen LogP contribution in [0.3, 0.4) is 0 Å². The Morgan fingerprint density at radius 2 is 1.90 bits per heavy atom. The van der Waals surface area contributed by atoms with Crippen LogP contribution in [0.25, 0.3) is 0 Å². The topological polar surface area (TPSA) is 27.7 Å². The molecular formula is C4H16O3Si3. The van der Waals surface area contributed by atoms with Crippen molar-refractivity contribution in [3.05, 3.63) is 0 Å². The first-order chi connectivity index (χ1) is 4.62. The van der Waals surface area contributed by atoms with Crippen molar-refractivity contribution < 1.29 is 12.7 Å². The fraction of sp³-hybridized carbons (Fsp3) is 1.00. The molecule has 0 atom stereocenters. The van der Waals surface area contributed by atoms with Gasteiger partial charge in [-0.15, -0.1) is 0 Å². The molecule has 0 bridgehead atoms. The van der Waals surface area contributed by atoms with Gasteiger partial charge in [-0.2, -0.15) is 0 Å². The molecule has 0 amide bonds. The molecule has 10 heavy (non-hydrogen) atoms. The summed E-state index contributed by atoms with van der Waals surface area (Å²) in [5, 5.41) is 0. The van der Waals surface area contributed by atoms with Gasteiger partial charge in [0.15, 0.2) is 0 Å². The van der Waals surface area contributed by atoms with Gasteiger partial charge in [-0.05, 0) is 13.1 Å². The van der Waals surface area contributed by atoms with Gasteiger partial charge < -0.3 is 12.7 Å². The van der Waals surface area contributed by atoms with Crippen molar-refractivity contribution in [1.82, 2.24) is 0 Å². The van der Waals surface area contributed by atoms with Crippen LogP contribution in [0.1, 0.15) is 0 Å². The molecule has 0 N–H and O–H groups in total. The van der Waals surface area contributed by atoms with Crippen molar-refractivity contribution in [2.24, 2.45) is 0 Å². The SMILES string of the molecule is CO[Si](C)(C)O[SiH2]O[SiH2]C. The molecule has 0 aromatic heterocycles. The smallest absolute Gasteiger partial charge is 0.322 e. The van der Waals surface area contributed by atoms with Crippen LogP contribution in [0.15, 0.2) is 0 Å². The van der Waals surface area contributed by atoms with E-state index in [1.165, 1.54) is 0 Å². The van der Waals surface area contributed by atoms with Crippen LogP contribution >= 0.6 is 0 Å². The number of hydrogen-bond donors (Lipinski definition) is 0. The maximum absolute atomic E-state index is 5.49. The Morgan fingerprint density at radius 3 is 2.30 bits per heavy atom. The molecule has 0 aromatic carbocycles. The average molecular weight is 196 g/mol. The summed E-state index contributed by atoms with van der Waals surface area (Å²) < 4.78 is 15.9. The third kappa shape index (κ3) is 5.33. The fourth-order valence-corrected chi connectivity index (χ4v) is 3.68. The van der Waals surface area contributed by atoms with Gasteiger partial charge in [0.05, 0.1) is 0 Å². The molecule has 0 saturated carbocycles. The molecule has 0 rings (SSSR count). The van der Waals surface area contributed by atoms with Gasteiger partial charge in [-0.3, -0.25) is 0 Å². The van der Waals surface area contributed by atoms with Crippen molar-refractivity contribution in [2.45, 2.75) is 19.6 Å². The Kier molecular flexibility index (Phi) is 5.49. The minimum Gasteiger partial charge on any atom is -0.447 e. The van der Waals surface area contributed by atoms with Gasteiger partial charge >= 0.3 is 8.56 Å². The lowest BCUT2D eigenvalue weighted by molar-refractivity contribution is 0.304. The van der Waals surface area contributed by atoms with E-state index in [-0.39, 0.29) is 9.76 Å². The van der Waals surface area contributed by atoms with E-state index in [1.807, 2.05) is 13.1 Å². The molecule has 0 heterocycles. The molecule has 0 unspecified atom stereocenters. The minimum atomic E-state index is -1.76. The summed E-state index contributed by atoms with van der Waals surface area (Å²) in [6.45, 7) is 6.17. The number of hydrogen-bond acceptors (Lipinski definition) is 3. The lowest BCUT2D eigenvalue weighted by atomic mass is 11.8. The fourth-order valence-electron chi connectivity index (χ4n) is 0.326. The Bertz CT molecular complexity index is 87.8. The monoisotopic (exact) mass is 196 g/mol. The van der Waals surface area contributed by atoms with Gasteiger partial charge in [0, 0.05) is 7.11 Å². The highest BCUT2D eigenvalue weighted by molar-refractivity contribution is 6.69. The summed E-state index contributed by atoms with van der Waals surface area (Å²) in [6.07, 6.45) is 0. The molecule has 0 aromatic rings. The van der Waals surface area contributed by atoms with E-state index < -0.39 is 18.6 Å². The molecular weight excluding hydrogens is 180 g/mol. The van der Waals surface area contributed by atoms with Crippen molar-refractivity contribution in [3.8, 4) is 0 Å². The van der Waals surface area contributed by atoms with Crippen LogP contribution in [-0.4, -0.2) is 35.4 Å². The second-order valence-electron chi connectivity index (χ2n) is 2.36. The van der Waals surface area contributed by atoms with E-state index in [2.05, 4.69) is 6.55 Å². The predicted molar refractivity (Wildman–Crippen MR) is 49.6 cm³/mol.